The average Bonchev–Trinajstić information content (AvgIpc) is 3.04. The molecule has 6 nitrogen and oxygen atoms in total. The summed E-state index contributed by atoms with van der Waals surface area (Å²) in [6.45, 7) is 5.20. The van der Waals surface area contributed by atoms with Gasteiger partial charge >= 0.3 is 0 Å². The third kappa shape index (κ3) is 6.22. The van der Waals surface area contributed by atoms with Gasteiger partial charge in [0.25, 0.3) is 5.91 Å². The van der Waals surface area contributed by atoms with E-state index in [0.29, 0.717) is 37.2 Å². The van der Waals surface area contributed by atoms with E-state index < -0.39 is 0 Å². The van der Waals surface area contributed by atoms with Crippen molar-refractivity contribution in [1.82, 2.24) is 10.6 Å². The first-order chi connectivity index (χ1) is 12.5. The van der Waals surface area contributed by atoms with Gasteiger partial charge in [-0.1, -0.05) is 18.2 Å². The van der Waals surface area contributed by atoms with Gasteiger partial charge in [-0.05, 0) is 59.5 Å². The van der Waals surface area contributed by atoms with Crippen molar-refractivity contribution in [2.24, 2.45) is 0 Å². The molecule has 1 aromatic heterocycles. The molecule has 2 rings (SSSR count). The molecule has 0 atom stereocenters. The van der Waals surface area contributed by atoms with Crippen LogP contribution < -0.4 is 15.4 Å². The number of carbonyl (C=O) groups excluding carboxylic acids is 2. The van der Waals surface area contributed by atoms with Crippen LogP contribution in [-0.2, 0) is 4.79 Å². The first kappa shape index (κ1) is 20.0. The van der Waals surface area contributed by atoms with Crippen LogP contribution in [0.15, 0.2) is 39.4 Å². The van der Waals surface area contributed by atoms with Crippen LogP contribution in [0.5, 0.6) is 5.75 Å². The van der Waals surface area contributed by atoms with Crippen molar-refractivity contribution in [3.05, 3.63) is 51.9 Å². The molecule has 0 radical (unpaired) electrons. The lowest BCUT2D eigenvalue weighted by Crippen LogP contribution is -2.34. The molecule has 0 aliphatic carbocycles. The monoisotopic (exact) mass is 422 g/mol. The van der Waals surface area contributed by atoms with E-state index in [0.717, 1.165) is 16.9 Å². The number of nitrogens with one attached hydrogen (secondary N) is 2. The summed E-state index contributed by atoms with van der Waals surface area (Å²) >= 11 is 3.14. The number of furan rings is 1. The van der Waals surface area contributed by atoms with Gasteiger partial charge in [0.1, 0.15) is 5.75 Å². The van der Waals surface area contributed by atoms with E-state index in [-0.39, 0.29) is 17.6 Å². The molecule has 0 spiro atoms. The number of hydrogen-bond acceptors (Lipinski definition) is 4. The molecule has 0 fully saturated rings. The third-order valence-electron chi connectivity index (χ3n) is 3.73. The highest BCUT2D eigenvalue weighted by atomic mass is 79.9. The summed E-state index contributed by atoms with van der Waals surface area (Å²) in [6, 6.07) is 9.23. The normalized spacial score (nSPS) is 10.4. The molecule has 0 saturated heterocycles. The van der Waals surface area contributed by atoms with Crippen LogP contribution in [0.3, 0.4) is 0 Å². The Bertz CT molecular complexity index is 737. The average molecular weight is 423 g/mol. The Hall–Kier alpha value is -2.28. The molecular formula is C19H23BrN2O4. The van der Waals surface area contributed by atoms with E-state index in [1.807, 2.05) is 32.0 Å². The van der Waals surface area contributed by atoms with Gasteiger partial charge in [0.05, 0.1) is 6.61 Å². The zero-order valence-electron chi connectivity index (χ0n) is 14.9. The molecule has 7 heteroatoms. The minimum atomic E-state index is -0.313. The number of hydrogen-bond donors (Lipinski definition) is 2. The smallest absolute Gasteiger partial charge is 0.287 e. The van der Waals surface area contributed by atoms with Gasteiger partial charge in [0.15, 0.2) is 10.4 Å². The number of ether oxygens (including phenoxy) is 1. The fraction of sp³-hybridized carbons (Fsp3) is 0.368. The number of rotatable bonds is 9. The number of aryl methyl sites for hydroxylation is 2. The Morgan fingerprint density at radius 3 is 2.42 bits per heavy atom. The van der Waals surface area contributed by atoms with E-state index in [1.165, 1.54) is 0 Å². The van der Waals surface area contributed by atoms with Gasteiger partial charge in [-0.25, -0.2) is 0 Å². The summed E-state index contributed by atoms with van der Waals surface area (Å²) in [4.78, 5) is 23.6. The molecule has 140 valence electrons. The van der Waals surface area contributed by atoms with Crippen molar-refractivity contribution in [2.45, 2.75) is 26.7 Å². The minimum Gasteiger partial charge on any atom is -0.493 e. The van der Waals surface area contributed by atoms with Crippen molar-refractivity contribution < 1.29 is 18.7 Å². The first-order valence-electron chi connectivity index (χ1n) is 8.46. The molecule has 1 heterocycles. The zero-order chi connectivity index (χ0) is 18.9. The molecule has 0 aliphatic heterocycles. The number of amides is 2. The number of carbonyl (C=O) groups is 2. The SMILES string of the molecule is Cc1cccc(C)c1OCCCC(=O)NCCNC(=O)c1ccc(Br)o1. The lowest BCUT2D eigenvalue weighted by Gasteiger charge is -2.11. The van der Waals surface area contributed by atoms with Crippen molar-refractivity contribution in [3.8, 4) is 5.75 Å². The predicted molar refractivity (Wildman–Crippen MR) is 102 cm³/mol. The summed E-state index contributed by atoms with van der Waals surface area (Å²) in [5.74, 6) is 0.740. The Balaban J connectivity index is 1.57. The van der Waals surface area contributed by atoms with E-state index in [9.17, 15) is 9.59 Å². The second-order valence-corrected chi connectivity index (χ2v) is 6.66. The first-order valence-corrected chi connectivity index (χ1v) is 9.26. The van der Waals surface area contributed by atoms with Crippen molar-refractivity contribution in [2.75, 3.05) is 19.7 Å². The Kier molecular flexibility index (Phi) is 7.72. The van der Waals surface area contributed by atoms with Crippen molar-refractivity contribution in [3.63, 3.8) is 0 Å². The maximum atomic E-state index is 11.8. The summed E-state index contributed by atoms with van der Waals surface area (Å²) in [6.07, 6.45) is 1.01. The summed E-state index contributed by atoms with van der Waals surface area (Å²) < 4.78 is 11.4. The van der Waals surface area contributed by atoms with Crippen LogP contribution in [0, 0.1) is 13.8 Å². The van der Waals surface area contributed by atoms with Gasteiger partial charge in [-0.3, -0.25) is 9.59 Å². The van der Waals surface area contributed by atoms with Crippen LogP contribution in [0.1, 0.15) is 34.5 Å². The standard InChI is InChI=1S/C19H23BrN2O4/c1-13-5-3-6-14(2)18(13)25-12-4-7-17(23)21-10-11-22-19(24)15-8-9-16(20)26-15/h3,5-6,8-9H,4,7,10-12H2,1-2H3,(H,21,23)(H,22,24). The second kappa shape index (κ2) is 10.0. The van der Waals surface area contributed by atoms with Crippen LogP contribution in [0.4, 0.5) is 0 Å². The molecule has 0 bridgehead atoms. The van der Waals surface area contributed by atoms with Gasteiger partial charge in [0, 0.05) is 19.5 Å². The number of para-hydroxylation sites is 1. The maximum absolute atomic E-state index is 11.8. The van der Waals surface area contributed by atoms with Crippen LogP contribution >= 0.6 is 15.9 Å². The molecular weight excluding hydrogens is 400 g/mol. The summed E-state index contributed by atoms with van der Waals surface area (Å²) in [7, 11) is 0. The molecule has 2 aromatic rings. The Morgan fingerprint density at radius 1 is 1.08 bits per heavy atom. The molecule has 0 unspecified atom stereocenters. The van der Waals surface area contributed by atoms with Crippen molar-refractivity contribution >= 4 is 27.7 Å². The highest BCUT2D eigenvalue weighted by molar-refractivity contribution is 9.10. The molecule has 1 aromatic carbocycles. The van der Waals surface area contributed by atoms with Crippen LogP contribution in [-0.4, -0.2) is 31.5 Å². The number of halogens is 1. The van der Waals surface area contributed by atoms with Crippen LogP contribution in [0.2, 0.25) is 0 Å². The third-order valence-corrected chi connectivity index (χ3v) is 4.16. The van der Waals surface area contributed by atoms with Gasteiger partial charge in [0.2, 0.25) is 5.91 Å². The molecule has 2 amide bonds. The van der Waals surface area contributed by atoms with Crippen molar-refractivity contribution in [1.29, 1.82) is 0 Å². The fourth-order valence-electron chi connectivity index (χ4n) is 2.42. The van der Waals surface area contributed by atoms with Gasteiger partial charge in [-0.15, -0.1) is 0 Å². The number of benzene rings is 1. The lowest BCUT2D eigenvalue weighted by molar-refractivity contribution is -0.121. The van der Waals surface area contributed by atoms with E-state index in [2.05, 4.69) is 26.6 Å². The van der Waals surface area contributed by atoms with E-state index >= 15 is 0 Å². The summed E-state index contributed by atoms with van der Waals surface area (Å²) in [5.41, 5.74) is 2.18. The van der Waals surface area contributed by atoms with Crippen LogP contribution in [0.25, 0.3) is 0 Å². The largest absolute Gasteiger partial charge is 0.493 e. The fourth-order valence-corrected chi connectivity index (χ4v) is 2.73. The maximum Gasteiger partial charge on any atom is 0.287 e. The zero-order valence-corrected chi connectivity index (χ0v) is 16.5. The molecule has 26 heavy (non-hydrogen) atoms. The highest BCUT2D eigenvalue weighted by Crippen LogP contribution is 2.22. The Labute approximate surface area is 161 Å². The topological polar surface area (TPSA) is 80.6 Å². The molecule has 0 aliphatic rings. The predicted octanol–water partition coefficient (Wildman–Crippen LogP) is 3.36. The minimum absolute atomic E-state index is 0.0647. The highest BCUT2D eigenvalue weighted by Gasteiger charge is 2.09. The van der Waals surface area contributed by atoms with Gasteiger partial charge < -0.3 is 19.8 Å². The quantitative estimate of drug-likeness (QED) is 0.607. The summed E-state index contributed by atoms with van der Waals surface area (Å²) in [5, 5.41) is 5.44. The van der Waals surface area contributed by atoms with E-state index in [4.69, 9.17) is 9.15 Å². The van der Waals surface area contributed by atoms with Gasteiger partial charge in [-0.2, -0.15) is 0 Å². The molecule has 2 N–H and O–H groups in total. The molecule has 0 saturated carbocycles. The lowest BCUT2D eigenvalue weighted by atomic mass is 10.1. The Morgan fingerprint density at radius 2 is 1.77 bits per heavy atom. The second-order valence-electron chi connectivity index (χ2n) is 5.88. The van der Waals surface area contributed by atoms with E-state index in [1.54, 1.807) is 12.1 Å².